The molecule has 2 atom stereocenters. The van der Waals surface area contributed by atoms with Crippen LogP contribution in [0.2, 0.25) is 0 Å². The van der Waals surface area contributed by atoms with Crippen LogP contribution in [0.1, 0.15) is 38.5 Å². The van der Waals surface area contributed by atoms with Crippen LogP contribution in [-0.2, 0) is 4.79 Å². The summed E-state index contributed by atoms with van der Waals surface area (Å²) in [5.74, 6) is 0.234. The molecule has 4 nitrogen and oxygen atoms in total. The lowest BCUT2D eigenvalue weighted by Gasteiger charge is -2.26. The Bertz CT molecular complexity index is 630. The van der Waals surface area contributed by atoms with E-state index in [0.717, 1.165) is 23.3 Å². The fourth-order valence-electron chi connectivity index (χ4n) is 3.24. The summed E-state index contributed by atoms with van der Waals surface area (Å²) in [6.45, 7) is 5.45. The van der Waals surface area contributed by atoms with E-state index in [1.54, 1.807) is 0 Å². The molecule has 112 valence electrons. The Morgan fingerprint density at radius 2 is 2.24 bits per heavy atom. The van der Waals surface area contributed by atoms with Gasteiger partial charge in [-0.3, -0.25) is 9.69 Å². The average Bonchev–Trinajstić information content (AvgIpc) is 3.11. The Morgan fingerprint density at radius 3 is 2.86 bits per heavy atom. The highest BCUT2D eigenvalue weighted by atomic mass is 16.4. The Balaban J connectivity index is 1.83. The number of carboxylic acid groups (broad SMARTS) is 1. The number of fused-ring (bicyclic) bond motifs is 1. The number of rotatable bonds is 4. The van der Waals surface area contributed by atoms with Crippen LogP contribution < -0.4 is 0 Å². The molecule has 0 radical (unpaired) electrons. The van der Waals surface area contributed by atoms with Gasteiger partial charge in [0.2, 0.25) is 0 Å². The van der Waals surface area contributed by atoms with Crippen molar-refractivity contribution in [3.63, 3.8) is 0 Å². The summed E-state index contributed by atoms with van der Waals surface area (Å²) >= 11 is 0. The third kappa shape index (κ3) is 2.33. The van der Waals surface area contributed by atoms with Crippen molar-refractivity contribution in [1.82, 2.24) is 4.90 Å². The topological polar surface area (TPSA) is 53.7 Å². The number of benzene rings is 1. The lowest BCUT2D eigenvalue weighted by atomic mass is 9.84. The van der Waals surface area contributed by atoms with Gasteiger partial charge in [0.15, 0.2) is 0 Å². The van der Waals surface area contributed by atoms with Crippen LogP contribution in [0.3, 0.4) is 0 Å². The van der Waals surface area contributed by atoms with Crippen molar-refractivity contribution >= 4 is 16.9 Å². The fourth-order valence-corrected chi connectivity index (χ4v) is 3.24. The van der Waals surface area contributed by atoms with Crippen molar-refractivity contribution in [2.45, 2.75) is 32.7 Å². The highest BCUT2D eigenvalue weighted by Crippen LogP contribution is 2.39. The molecule has 0 amide bonds. The summed E-state index contributed by atoms with van der Waals surface area (Å²) in [6.07, 6.45) is 1.38. The second kappa shape index (κ2) is 5.19. The van der Waals surface area contributed by atoms with Crippen molar-refractivity contribution in [2.24, 2.45) is 5.41 Å². The molecule has 1 aliphatic rings. The maximum atomic E-state index is 11.6. The summed E-state index contributed by atoms with van der Waals surface area (Å²) in [5, 5.41) is 10.6. The van der Waals surface area contributed by atoms with E-state index < -0.39 is 11.4 Å². The minimum Gasteiger partial charge on any atom is -0.481 e. The van der Waals surface area contributed by atoms with Crippen molar-refractivity contribution in [3.05, 3.63) is 36.1 Å². The van der Waals surface area contributed by atoms with Crippen LogP contribution in [0.15, 0.2) is 34.7 Å². The molecule has 1 aromatic carbocycles. The van der Waals surface area contributed by atoms with Crippen LogP contribution in [0, 0.1) is 5.41 Å². The van der Waals surface area contributed by atoms with Crippen LogP contribution in [-0.4, -0.2) is 29.1 Å². The summed E-state index contributed by atoms with van der Waals surface area (Å²) in [4.78, 5) is 13.8. The summed E-state index contributed by atoms with van der Waals surface area (Å²) in [7, 11) is 0. The number of carbonyl (C=O) groups is 1. The molecular weight excluding hydrogens is 266 g/mol. The van der Waals surface area contributed by atoms with Gasteiger partial charge in [-0.2, -0.15) is 0 Å². The molecule has 21 heavy (non-hydrogen) atoms. The van der Waals surface area contributed by atoms with E-state index in [-0.39, 0.29) is 6.04 Å². The number of aliphatic carboxylic acids is 1. The van der Waals surface area contributed by atoms with Gasteiger partial charge in [0, 0.05) is 18.5 Å². The fraction of sp³-hybridized carbons (Fsp3) is 0.471. The third-order valence-electron chi connectivity index (χ3n) is 4.92. The number of hydrogen-bond acceptors (Lipinski definition) is 3. The first-order valence-corrected chi connectivity index (χ1v) is 7.52. The molecule has 0 bridgehead atoms. The zero-order valence-electron chi connectivity index (χ0n) is 12.5. The number of likely N-dealkylation sites (tertiary alicyclic amines) is 1. The lowest BCUT2D eigenvalue weighted by molar-refractivity contribution is -0.148. The van der Waals surface area contributed by atoms with Gasteiger partial charge in [0.25, 0.3) is 0 Å². The van der Waals surface area contributed by atoms with Gasteiger partial charge in [-0.25, -0.2) is 0 Å². The maximum Gasteiger partial charge on any atom is 0.310 e. The Morgan fingerprint density at radius 1 is 1.48 bits per heavy atom. The molecule has 0 spiro atoms. The SMILES string of the molecule is CCC1(C(=O)O)CCN(C(C)c2cc3ccccc3o2)C1. The van der Waals surface area contributed by atoms with Gasteiger partial charge in [-0.05, 0) is 31.9 Å². The highest BCUT2D eigenvalue weighted by molar-refractivity contribution is 5.78. The molecule has 4 heteroatoms. The number of para-hydroxylation sites is 1. The van der Waals surface area contributed by atoms with Crippen molar-refractivity contribution in [1.29, 1.82) is 0 Å². The van der Waals surface area contributed by atoms with Gasteiger partial charge in [-0.1, -0.05) is 25.1 Å². The lowest BCUT2D eigenvalue weighted by Crippen LogP contribution is -2.34. The molecule has 1 fully saturated rings. The van der Waals surface area contributed by atoms with Crippen molar-refractivity contribution in [3.8, 4) is 0 Å². The third-order valence-corrected chi connectivity index (χ3v) is 4.92. The highest BCUT2D eigenvalue weighted by Gasteiger charge is 2.44. The largest absolute Gasteiger partial charge is 0.481 e. The van der Waals surface area contributed by atoms with Crippen molar-refractivity contribution in [2.75, 3.05) is 13.1 Å². The Labute approximate surface area is 124 Å². The summed E-state index contributed by atoms with van der Waals surface area (Å²) in [6, 6.07) is 10.1. The molecule has 2 heterocycles. The van der Waals surface area contributed by atoms with E-state index in [1.807, 2.05) is 31.2 Å². The van der Waals surface area contributed by atoms with E-state index in [4.69, 9.17) is 4.42 Å². The van der Waals surface area contributed by atoms with E-state index in [1.165, 1.54) is 0 Å². The molecule has 0 aliphatic carbocycles. The van der Waals surface area contributed by atoms with Gasteiger partial charge in [0.05, 0.1) is 11.5 Å². The number of furan rings is 1. The standard InChI is InChI=1S/C17H21NO3/c1-3-17(16(19)20)8-9-18(11-17)12(2)15-10-13-6-4-5-7-14(13)21-15/h4-7,10,12H,3,8-9,11H2,1-2H3,(H,19,20). The number of carboxylic acids is 1. The minimum atomic E-state index is -0.677. The maximum absolute atomic E-state index is 11.6. The van der Waals surface area contributed by atoms with Crippen LogP contribution in [0.25, 0.3) is 11.0 Å². The second-order valence-electron chi connectivity index (χ2n) is 6.02. The Hall–Kier alpha value is -1.81. The van der Waals surface area contributed by atoms with E-state index in [0.29, 0.717) is 19.4 Å². The zero-order chi connectivity index (χ0) is 15.0. The predicted octanol–water partition coefficient (Wildman–Crippen LogP) is 3.68. The number of hydrogen-bond donors (Lipinski definition) is 1. The van der Waals surface area contributed by atoms with Gasteiger partial charge >= 0.3 is 5.97 Å². The smallest absolute Gasteiger partial charge is 0.310 e. The predicted molar refractivity (Wildman–Crippen MR) is 81.2 cm³/mol. The molecule has 1 aliphatic heterocycles. The second-order valence-corrected chi connectivity index (χ2v) is 6.02. The first-order chi connectivity index (χ1) is 10.1. The molecule has 1 N–H and O–H groups in total. The normalized spacial score (nSPS) is 24.5. The van der Waals surface area contributed by atoms with E-state index >= 15 is 0 Å². The molecule has 0 saturated carbocycles. The van der Waals surface area contributed by atoms with Gasteiger partial charge in [0.1, 0.15) is 11.3 Å². The molecule has 1 aromatic heterocycles. The minimum absolute atomic E-state index is 0.102. The average molecular weight is 287 g/mol. The van der Waals surface area contributed by atoms with Crippen LogP contribution >= 0.6 is 0 Å². The quantitative estimate of drug-likeness (QED) is 0.932. The Kier molecular flexibility index (Phi) is 3.49. The summed E-state index contributed by atoms with van der Waals surface area (Å²) < 4.78 is 5.92. The molecule has 1 saturated heterocycles. The monoisotopic (exact) mass is 287 g/mol. The molecular formula is C17H21NO3. The number of nitrogens with zero attached hydrogens (tertiary/aromatic N) is 1. The van der Waals surface area contributed by atoms with Crippen molar-refractivity contribution < 1.29 is 14.3 Å². The van der Waals surface area contributed by atoms with Crippen LogP contribution in [0.4, 0.5) is 0 Å². The first-order valence-electron chi connectivity index (χ1n) is 7.52. The van der Waals surface area contributed by atoms with Crippen LogP contribution in [0.5, 0.6) is 0 Å². The van der Waals surface area contributed by atoms with E-state index in [2.05, 4.69) is 17.9 Å². The first kappa shape index (κ1) is 14.1. The van der Waals surface area contributed by atoms with Gasteiger partial charge in [-0.15, -0.1) is 0 Å². The van der Waals surface area contributed by atoms with Gasteiger partial charge < -0.3 is 9.52 Å². The van der Waals surface area contributed by atoms with E-state index in [9.17, 15) is 9.90 Å². The summed E-state index contributed by atoms with van der Waals surface area (Å²) in [5.41, 5.74) is 0.291. The zero-order valence-corrected chi connectivity index (χ0v) is 12.5. The molecule has 2 aromatic rings. The molecule has 2 unspecified atom stereocenters. The molecule has 3 rings (SSSR count).